The number of carbonyl (C=O) groups excluding carboxylic acids is 1. The minimum atomic E-state index is -0.166. The van der Waals surface area contributed by atoms with Gasteiger partial charge in [-0.3, -0.25) is 4.79 Å². The lowest BCUT2D eigenvalue weighted by molar-refractivity contribution is -0.114. The maximum Gasteiger partial charge on any atom is 0.243 e. The Morgan fingerprint density at radius 3 is 2.78 bits per heavy atom. The van der Waals surface area contributed by atoms with Gasteiger partial charge in [0.15, 0.2) is 5.65 Å². The molecule has 2 N–H and O–H groups in total. The number of benzene rings is 2. The number of carbonyl (C=O) groups is 1. The quantitative estimate of drug-likeness (QED) is 0.521. The normalized spacial score (nSPS) is 11.1. The molecule has 2 heterocycles. The first-order valence-electron chi connectivity index (χ1n) is 8.43. The van der Waals surface area contributed by atoms with Crippen LogP contribution in [0, 0.1) is 13.8 Å². The van der Waals surface area contributed by atoms with Crippen molar-refractivity contribution < 1.29 is 4.79 Å². The van der Waals surface area contributed by atoms with E-state index in [0.717, 1.165) is 26.6 Å². The van der Waals surface area contributed by atoms with Gasteiger partial charge in [-0.2, -0.15) is 4.52 Å². The van der Waals surface area contributed by atoms with Crippen molar-refractivity contribution in [1.82, 2.24) is 19.6 Å². The van der Waals surface area contributed by atoms with Crippen LogP contribution in [0.3, 0.4) is 0 Å². The average Bonchev–Trinajstić information content (AvgIpc) is 3.04. The van der Waals surface area contributed by atoms with E-state index < -0.39 is 0 Å². The lowest BCUT2D eigenvalue weighted by Gasteiger charge is -2.11. The van der Waals surface area contributed by atoms with E-state index in [1.165, 1.54) is 0 Å². The highest BCUT2D eigenvalue weighted by molar-refractivity contribution is 9.10. The second kappa shape index (κ2) is 6.96. The van der Waals surface area contributed by atoms with Crippen LogP contribution in [-0.4, -0.2) is 32.0 Å². The molecule has 4 rings (SSSR count). The van der Waals surface area contributed by atoms with Crippen molar-refractivity contribution in [3.05, 3.63) is 58.3 Å². The Balaban J connectivity index is 1.58. The zero-order chi connectivity index (χ0) is 19.0. The minimum Gasteiger partial charge on any atom is -0.345 e. The van der Waals surface area contributed by atoms with Crippen LogP contribution >= 0.6 is 15.9 Å². The zero-order valence-corrected chi connectivity index (χ0v) is 16.4. The summed E-state index contributed by atoms with van der Waals surface area (Å²) in [6.07, 6.45) is 0. The van der Waals surface area contributed by atoms with E-state index in [1.807, 2.05) is 56.3 Å². The molecule has 0 radical (unpaired) electrons. The van der Waals surface area contributed by atoms with Crippen molar-refractivity contribution >= 4 is 50.0 Å². The topological polar surface area (TPSA) is 84.2 Å². The Morgan fingerprint density at radius 2 is 1.96 bits per heavy atom. The summed E-state index contributed by atoms with van der Waals surface area (Å²) in [4.78, 5) is 21.4. The fraction of sp³-hybridized carbons (Fsp3) is 0.158. The molecule has 2 aromatic heterocycles. The molecule has 1 amide bonds. The summed E-state index contributed by atoms with van der Waals surface area (Å²) < 4.78 is 2.61. The van der Waals surface area contributed by atoms with E-state index in [2.05, 4.69) is 41.6 Å². The lowest BCUT2D eigenvalue weighted by Crippen LogP contribution is -2.23. The van der Waals surface area contributed by atoms with Crippen molar-refractivity contribution in [2.75, 3.05) is 17.2 Å². The van der Waals surface area contributed by atoms with Crippen molar-refractivity contribution in [3.8, 4) is 0 Å². The van der Waals surface area contributed by atoms with E-state index in [1.54, 1.807) is 4.52 Å². The second-order valence-electron chi connectivity index (χ2n) is 6.21. The molecule has 0 aliphatic heterocycles. The first-order chi connectivity index (χ1) is 13.0. The molecule has 0 atom stereocenters. The van der Waals surface area contributed by atoms with Crippen LogP contribution in [0.1, 0.15) is 11.4 Å². The number of halogens is 1. The molecule has 0 aliphatic carbocycles. The summed E-state index contributed by atoms with van der Waals surface area (Å²) in [6, 6.07) is 13.4. The molecule has 7 nitrogen and oxygen atoms in total. The van der Waals surface area contributed by atoms with Gasteiger partial charge in [-0.15, -0.1) is 5.10 Å². The summed E-state index contributed by atoms with van der Waals surface area (Å²) in [5, 5.41) is 11.3. The number of amides is 1. The number of rotatable bonds is 4. The van der Waals surface area contributed by atoms with Crippen molar-refractivity contribution in [2.45, 2.75) is 13.8 Å². The van der Waals surface area contributed by atoms with Crippen LogP contribution in [0.2, 0.25) is 0 Å². The Kier molecular flexibility index (Phi) is 4.49. The highest BCUT2D eigenvalue weighted by Crippen LogP contribution is 2.21. The van der Waals surface area contributed by atoms with Crippen molar-refractivity contribution in [2.24, 2.45) is 0 Å². The van der Waals surface area contributed by atoms with E-state index in [4.69, 9.17) is 0 Å². The Morgan fingerprint density at radius 1 is 1.15 bits per heavy atom. The molecule has 0 spiro atoms. The summed E-state index contributed by atoms with van der Waals surface area (Å²) in [7, 11) is 0. The summed E-state index contributed by atoms with van der Waals surface area (Å²) in [6.45, 7) is 3.84. The van der Waals surface area contributed by atoms with Gasteiger partial charge in [-0.25, -0.2) is 9.97 Å². The molecule has 0 saturated carbocycles. The molecular weight excluding hydrogens is 408 g/mol. The van der Waals surface area contributed by atoms with Gasteiger partial charge >= 0.3 is 0 Å². The Labute approximate surface area is 164 Å². The van der Waals surface area contributed by atoms with E-state index in [-0.39, 0.29) is 12.5 Å². The molecule has 0 fully saturated rings. The van der Waals surface area contributed by atoms with Gasteiger partial charge in [-0.05, 0) is 49.7 Å². The lowest BCUT2D eigenvalue weighted by atomic mass is 10.2. The molecule has 27 heavy (non-hydrogen) atoms. The third-order valence-corrected chi connectivity index (χ3v) is 4.65. The minimum absolute atomic E-state index is 0.0643. The fourth-order valence-electron chi connectivity index (χ4n) is 2.89. The highest BCUT2D eigenvalue weighted by Gasteiger charge is 2.13. The summed E-state index contributed by atoms with van der Waals surface area (Å²) >= 11 is 3.42. The molecule has 4 aromatic rings. The Hall–Kier alpha value is -3.00. The van der Waals surface area contributed by atoms with Crippen LogP contribution in [0.25, 0.3) is 16.6 Å². The number of nitrogens with one attached hydrogen (secondary N) is 2. The third kappa shape index (κ3) is 3.48. The average molecular weight is 425 g/mol. The number of fused-ring (bicyclic) bond motifs is 3. The molecule has 8 heteroatoms. The maximum atomic E-state index is 12.4. The van der Waals surface area contributed by atoms with Gasteiger partial charge in [0.05, 0.1) is 12.1 Å². The first-order valence-corrected chi connectivity index (χ1v) is 9.22. The molecule has 2 aromatic carbocycles. The second-order valence-corrected chi connectivity index (χ2v) is 7.12. The summed E-state index contributed by atoms with van der Waals surface area (Å²) in [5.41, 5.74) is 3.27. The van der Waals surface area contributed by atoms with Crippen molar-refractivity contribution in [3.63, 3.8) is 0 Å². The van der Waals surface area contributed by atoms with E-state index in [0.29, 0.717) is 17.4 Å². The molecule has 136 valence electrons. The van der Waals surface area contributed by atoms with Gasteiger partial charge in [0, 0.05) is 15.5 Å². The molecule has 0 unspecified atom stereocenters. The van der Waals surface area contributed by atoms with Crippen molar-refractivity contribution in [1.29, 1.82) is 0 Å². The van der Waals surface area contributed by atoms with Crippen LogP contribution in [0.5, 0.6) is 0 Å². The van der Waals surface area contributed by atoms with Gasteiger partial charge in [0.1, 0.15) is 5.82 Å². The van der Waals surface area contributed by atoms with Gasteiger partial charge in [0.2, 0.25) is 11.9 Å². The molecular formula is C19H17BrN6O. The monoisotopic (exact) mass is 424 g/mol. The number of nitrogens with zero attached hydrogens (tertiary/aromatic N) is 4. The largest absolute Gasteiger partial charge is 0.345 e. The molecule has 0 aliphatic rings. The van der Waals surface area contributed by atoms with Crippen LogP contribution in [-0.2, 0) is 4.79 Å². The van der Waals surface area contributed by atoms with Crippen LogP contribution < -0.4 is 10.6 Å². The third-order valence-electron chi connectivity index (χ3n) is 4.15. The smallest absolute Gasteiger partial charge is 0.243 e. The van der Waals surface area contributed by atoms with Crippen LogP contribution in [0.4, 0.5) is 11.6 Å². The van der Waals surface area contributed by atoms with Crippen LogP contribution in [0.15, 0.2) is 46.9 Å². The fourth-order valence-corrected chi connectivity index (χ4v) is 3.37. The van der Waals surface area contributed by atoms with E-state index >= 15 is 0 Å². The standard InChI is InChI=1S/C19H17BrN6O/c1-11-9-13(20)7-8-15(11)23-17(27)10-21-19-24-16-6-4-3-5-14(16)18-22-12(2)25-26(18)19/h3-9H,10H2,1-2H3,(H,21,24)(H,23,27). The number of hydrogen-bond donors (Lipinski definition) is 2. The van der Waals surface area contributed by atoms with Gasteiger partial charge in [0.25, 0.3) is 0 Å². The molecule has 0 saturated heterocycles. The van der Waals surface area contributed by atoms with Gasteiger partial charge < -0.3 is 10.6 Å². The summed E-state index contributed by atoms with van der Waals surface area (Å²) in [5.74, 6) is 0.957. The zero-order valence-electron chi connectivity index (χ0n) is 14.8. The number of aromatic nitrogens is 4. The van der Waals surface area contributed by atoms with E-state index in [9.17, 15) is 4.79 Å². The predicted octanol–water partition coefficient (Wildman–Crippen LogP) is 3.71. The maximum absolute atomic E-state index is 12.4. The van der Waals surface area contributed by atoms with Gasteiger partial charge in [-0.1, -0.05) is 28.1 Å². The predicted molar refractivity (Wildman–Crippen MR) is 109 cm³/mol. The number of para-hydroxylation sites is 1. The highest BCUT2D eigenvalue weighted by atomic mass is 79.9. The number of anilines is 2. The SMILES string of the molecule is Cc1nc2c3ccccc3nc(NCC(=O)Nc3ccc(Br)cc3C)n2n1. The Bertz CT molecular complexity index is 1170. The number of hydrogen-bond acceptors (Lipinski definition) is 5. The molecule has 0 bridgehead atoms. The first kappa shape index (κ1) is 17.4. The number of aryl methyl sites for hydroxylation is 2.